The summed E-state index contributed by atoms with van der Waals surface area (Å²) in [5, 5.41) is 11.0. The summed E-state index contributed by atoms with van der Waals surface area (Å²) in [6.07, 6.45) is -0.562. The normalized spacial score (nSPS) is 28.3. The molecule has 0 radical (unpaired) electrons. The molecule has 0 N–H and O–H groups in total. The molecule has 1 rings (SSSR count). The second kappa shape index (κ2) is 2.19. The molecule has 4 heteroatoms. The zero-order valence-corrected chi connectivity index (χ0v) is 4.94. The van der Waals surface area contributed by atoms with Crippen molar-refractivity contribution in [2.45, 2.75) is 18.8 Å². The molecule has 0 aromatic carbocycles. The van der Waals surface area contributed by atoms with E-state index in [1.54, 1.807) is 0 Å². The Morgan fingerprint density at radius 2 is 1.67 bits per heavy atom. The van der Waals surface area contributed by atoms with E-state index in [1.807, 2.05) is 0 Å². The van der Waals surface area contributed by atoms with Crippen LogP contribution in [-0.4, -0.2) is 24.1 Å². The first-order valence-corrected chi connectivity index (χ1v) is 2.90. The Labute approximate surface area is 52.0 Å². The molecule has 0 aromatic rings. The Kier molecular flexibility index (Phi) is 1.68. The van der Waals surface area contributed by atoms with Crippen LogP contribution in [0, 0.1) is 5.21 Å². The van der Waals surface area contributed by atoms with Crippen LogP contribution in [0.2, 0.25) is 0 Å². The molecule has 0 atom stereocenters. The van der Waals surface area contributed by atoms with Crippen molar-refractivity contribution in [2.75, 3.05) is 13.1 Å². The molecule has 1 fully saturated rings. The third-order valence-electron chi connectivity index (χ3n) is 1.45. The molecule has 0 aromatic heterocycles. The van der Waals surface area contributed by atoms with Gasteiger partial charge in [0.25, 0.3) is 5.92 Å². The van der Waals surface area contributed by atoms with Crippen molar-refractivity contribution in [3.05, 3.63) is 5.21 Å². The Morgan fingerprint density at radius 1 is 1.22 bits per heavy atom. The van der Waals surface area contributed by atoms with Gasteiger partial charge in [0.15, 0.2) is 0 Å². The molecule has 0 aliphatic carbocycles. The first-order chi connectivity index (χ1) is 4.10. The third-order valence-corrected chi connectivity index (χ3v) is 1.45. The van der Waals surface area contributed by atoms with Crippen LogP contribution in [0.4, 0.5) is 8.78 Å². The van der Waals surface area contributed by atoms with Gasteiger partial charge in [-0.25, -0.2) is 8.78 Å². The zero-order valence-electron chi connectivity index (χ0n) is 4.94. The van der Waals surface area contributed by atoms with Crippen LogP contribution in [0.5, 0.6) is 0 Å². The molecule has 9 heavy (non-hydrogen) atoms. The van der Waals surface area contributed by atoms with E-state index in [9.17, 15) is 14.0 Å². The fourth-order valence-electron chi connectivity index (χ4n) is 0.813. The fourth-order valence-corrected chi connectivity index (χ4v) is 0.813. The Balaban J connectivity index is 2.35. The number of nitrogens with zero attached hydrogens (tertiary/aromatic N) is 1. The van der Waals surface area contributed by atoms with Crippen molar-refractivity contribution in [1.82, 2.24) is 5.06 Å². The summed E-state index contributed by atoms with van der Waals surface area (Å²) in [5.41, 5.74) is 0. The highest BCUT2D eigenvalue weighted by molar-refractivity contribution is 4.77. The molecule has 1 aliphatic heterocycles. The van der Waals surface area contributed by atoms with Crippen LogP contribution in [0.25, 0.3) is 0 Å². The number of hydrogen-bond donors (Lipinski definition) is 0. The number of piperidine rings is 1. The summed E-state index contributed by atoms with van der Waals surface area (Å²) in [5.74, 6) is -2.58. The predicted molar refractivity (Wildman–Crippen MR) is 29.1 cm³/mol. The molecule has 1 heterocycles. The maximum absolute atomic E-state index is 12.2. The molecule has 0 amide bonds. The minimum absolute atomic E-state index is 0.0208. The maximum atomic E-state index is 12.2. The van der Waals surface area contributed by atoms with E-state index in [-0.39, 0.29) is 25.9 Å². The van der Waals surface area contributed by atoms with E-state index in [0.717, 1.165) is 0 Å². The minimum atomic E-state index is -2.58. The fraction of sp³-hybridized carbons (Fsp3) is 1.00. The van der Waals surface area contributed by atoms with Crippen molar-refractivity contribution >= 4 is 0 Å². The third kappa shape index (κ3) is 1.87. The lowest BCUT2D eigenvalue weighted by molar-refractivity contribution is -0.0468. The molecule has 1 aliphatic rings. The van der Waals surface area contributed by atoms with Crippen molar-refractivity contribution in [2.24, 2.45) is 0 Å². The highest BCUT2D eigenvalue weighted by atomic mass is 19.3. The molecule has 2 nitrogen and oxygen atoms in total. The van der Waals surface area contributed by atoms with Crippen molar-refractivity contribution in [1.29, 1.82) is 0 Å². The van der Waals surface area contributed by atoms with Gasteiger partial charge in [0.1, 0.15) is 0 Å². The molecule has 54 valence electrons. The van der Waals surface area contributed by atoms with Gasteiger partial charge in [0.05, 0.1) is 0 Å². The van der Waals surface area contributed by atoms with Gasteiger partial charge in [0.2, 0.25) is 0 Å². The molecule has 0 spiro atoms. The quantitative estimate of drug-likeness (QED) is 0.500. The largest absolute Gasteiger partial charge is 0.785 e. The Bertz CT molecular complexity index is 97.1. The van der Waals surface area contributed by atoms with Gasteiger partial charge in [0, 0.05) is 12.8 Å². The smallest absolute Gasteiger partial charge is 0.250 e. The van der Waals surface area contributed by atoms with E-state index >= 15 is 0 Å². The topological polar surface area (TPSA) is 26.3 Å². The number of rotatable bonds is 0. The van der Waals surface area contributed by atoms with Gasteiger partial charge in [-0.15, -0.1) is 0 Å². The van der Waals surface area contributed by atoms with Crippen LogP contribution in [0.15, 0.2) is 0 Å². The highest BCUT2D eigenvalue weighted by Gasteiger charge is 2.31. The SMILES string of the molecule is [O-]N1CCC(F)(F)CC1. The molecule has 0 saturated carbocycles. The van der Waals surface area contributed by atoms with Gasteiger partial charge in [-0.2, -0.15) is 0 Å². The average Bonchev–Trinajstić information content (AvgIpc) is 1.78. The second-order valence-corrected chi connectivity index (χ2v) is 2.28. The minimum Gasteiger partial charge on any atom is -0.785 e. The van der Waals surface area contributed by atoms with Gasteiger partial charge in [-0.1, -0.05) is 0 Å². The van der Waals surface area contributed by atoms with Gasteiger partial charge >= 0.3 is 0 Å². The van der Waals surface area contributed by atoms with E-state index < -0.39 is 5.92 Å². The number of halogens is 2. The summed E-state index contributed by atoms with van der Waals surface area (Å²) in [4.78, 5) is 0. The molecular formula is C5H8F2NO-. The maximum Gasteiger partial charge on any atom is 0.250 e. The molecular weight excluding hydrogens is 128 g/mol. The number of alkyl halides is 2. The van der Waals surface area contributed by atoms with E-state index in [1.165, 1.54) is 0 Å². The monoisotopic (exact) mass is 136 g/mol. The molecule has 1 saturated heterocycles. The van der Waals surface area contributed by atoms with E-state index in [2.05, 4.69) is 0 Å². The first kappa shape index (κ1) is 6.89. The van der Waals surface area contributed by atoms with Crippen molar-refractivity contribution in [3.8, 4) is 0 Å². The predicted octanol–water partition coefficient (Wildman–Crippen LogP) is 1.22. The molecule has 0 unspecified atom stereocenters. The highest BCUT2D eigenvalue weighted by Crippen LogP contribution is 2.26. The summed E-state index contributed by atoms with van der Waals surface area (Å²) < 4.78 is 24.4. The van der Waals surface area contributed by atoms with Crippen LogP contribution in [0.1, 0.15) is 12.8 Å². The van der Waals surface area contributed by atoms with Crippen LogP contribution < -0.4 is 0 Å². The Morgan fingerprint density at radius 3 is 2.00 bits per heavy atom. The molecule has 0 bridgehead atoms. The summed E-state index contributed by atoms with van der Waals surface area (Å²) in [7, 11) is 0. The summed E-state index contributed by atoms with van der Waals surface area (Å²) >= 11 is 0. The lowest BCUT2D eigenvalue weighted by Crippen LogP contribution is -2.35. The lowest BCUT2D eigenvalue weighted by atomic mass is 10.1. The Hall–Kier alpha value is -0.220. The average molecular weight is 136 g/mol. The van der Waals surface area contributed by atoms with Gasteiger partial charge < -0.3 is 10.3 Å². The number of hydroxylamine groups is 2. The van der Waals surface area contributed by atoms with Crippen molar-refractivity contribution in [3.63, 3.8) is 0 Å². The zero-order chi connectivity index (χ0) is 6.91. The lowest BCUT2D eigenvalue weighted by Gasteiger charge is -2.35. The van der Waals surface area contributed by atoms with Crippen molar-refractivity contribution < 1.29 is 8.78 Å². The van der Waals surface area contributed by atoms with Gasteiger partial charge in [-0.3, -0.25) is 0 Å². The van der Waals surface area contributed by atoms with Crippen LogP contribution >= 0.6 is 0 Å². The van der Waals surface area contributed by atoms with Gasteiger partial charge in [-0.05, 0) is 13.1 Å². The van der Waals surface area contributed by atoms with Crippen LogP contribution in [-0.2, 0) is 0 Å². The van der Waals surface area contributed by atoms with Crippen LogP contribution in [0.3, 0.4) is 0 Å². The van der Waals surface area contributed by atoms with E-state index in [4.69, 9.17) is 0 Å². The van der Waals surface area contributed by atoms with E-state index in [0.29, 0.717) is 5.06 Å². The second-order valence-electron chi connectivity index (χ2n) is 2.28. The summed E-state index contributed by atoms with van der Waals surface area (Å²) in [6, 6.07) is 0. The standard InChI is InChI=1S/C5H8F2NO/c6-5(7)1-3-8(9)4-2-5/h1-4H2/q-1. The first-order valence-electron chi connectivity index (χ1n) is 2.90. The number of hydrogen-bond acceptors (Lipinski definition) is 2. The summed E-state index contributed by atoms with van der Waals surface area (Å²) in [6.45, 7) is -0.0417.